The van der Waals surface area contributed by atoms with Crippen LogP contribution in [-0.2, 0) is 20.7 Å². The van der Waals surface area contributed by atoms with E-state index < -0.39 is 95.7 Å². The van der Waals surface area contributed by atoms with Gasteiger partial charge < -0.3 is 45.5 Å². The van der Waals surface area contributed by atoms with E-state index in [0.717, 1.165) is 0 Å². The van der Waals surface area contributed by atoms with Gasteiger partial charge in [-0.15, -0.1) is 0 Å². The van der Waals surface area contributed by atoms with Crippen LogP contribution in [0.5, 0.6) is 17.2 Å². The second kappa shape index (κ2) is 9.66. The topological polar surface area (TPSA) is 206 Å². The molecule has 0 saturated carbocycles. The van der Waals surface area contributed by atoms with E-state index >= 15 is 0 Å². The summed E-state index contributed by atoms with van der Waals surface area (Å²) in [6.07, 6.45) is -5.12. The van der Waals surface area contributed by atoms with Crippen molar-refractivity contribution in [3.63, 3.8) is 0 Å². The Bertz CT molecular complexity index is 1380. The van der Waals surface area contributed by atoms with Crippen LogP contribution in [0.4, 0.5) is 0 Å². The van der Waals surface area contributed by atoms with Crippen molar-refractivity contribution in [3.8, 4) is 17.2 Å². The molecule has 39 heavy (non-hydrogen) atoms. The zero-order valence-electron chi connectivity index (χ0n) is 21.2. The maximum atomic E-state index is 13.6. The fourth-order valence-electron chi connectivity index (χ4n) is 5.75. The first kappa shape index (κ1) is 27.2. The Morgan fingerprint density at radius 2 is 1.85 bits per heavy atom. The lowest BCUT2D eigenvalue weighted by Crippen LogP contribution is -2.53. The molecule has 0 amide bonds. The van der Waals surface area contributed by atoms with Crippen LogP contribution in [0.25, 0.3) is 0 Å². The van der Waals surface area contributed by atoms with E-state index in [0.29, 0.717) is 0 Å². The fraction of sp³-hybridized carbons (Fsp3) is 0.444. The molecule has 0 spiro atoms. The number of phenolic OH excluding ortho intramolecular Hbond substituents is 2. The summed E-state index contributed by atoms with van der Waals surface area (Å²) in [7, 11) is 1.32. The Kier molecular flexibility index (Phi) is 6.74. The third-order valence-electron chi connectivity index (χ3n) is 7.81. The molecule has 2 aliphatic carbocycles. The fourth-order valence-corrected chi connectivity index (χ4v) is 5.75. The highest BCUT2D eigenvalue weighted by Gasteiger charge is 2.50. The average molecular weight is 544 g/mol. The lowest BCUT2D eigenvalue weighted by Gasteiger charge is -2.42. The van der Waals surface area contributed by atoms with Crippen molar-refractivity contribution in [1.29, 1.82) is 0 Å². The van der Waals surface area contributed by atoms with Gasteiger partial charge in [0.25, 0.3) is 0 Å². The number of ether oxygens (including phenoxy) is 3. The number of methoxy groups -OCH3 is 1. The quantitative estimate of drug-likeness (QED) is 0.235. The molecule has 0 bridgehead atoms. The van der Waals surface area contributed by atoms with Crippen molar-refractivity contribution in [3.05, 3.63) is 51.6 Å². The minimum absolute atomic E-state index is 0.0173. The molecule has 1 fully saturated rings. The first-order valence-corrected chi connectivity index (χ1v) is 12.4. The Hall–Kier alpha value is -3.39. The molecule has 1 aliphatic heterocycles. The monoisotopic (exact) mass is 543 g/mol. The number of hydrogen-bond donors (Lipinski definition) is 6. The number of carbonyl (C=O) groups excluding carboxylic acids is 3. The second-order valence-corrected chi connectivity index (χ2v) is 10.2. The van der Waals surface area contributed by atoms with E-state index in [-0.39, 0.29) is 34.4 Å². The van der Waals surface area contributed by atoms with Crippen LogP contribution < -0.4 is 10.5 Å². The predicted molar refractivity (Wildman–Crippen MR) is 132 cm³/mol. The number of nitrogens with two attached hydrogens (primary N) is 1. The molecule has 5 rings (SSSR count). The van der Waals surface area contributed by atoms with Crippen LogP contribution in [0.2, 0.25) is 0 Å². The summed E-state index contributed by atoms with van der Waals surface area (Å²) in [5.41, 5.74) is 2.37. The van der Waals surface area contributed by atoms with Crippen LogP contribution in [-0.4, -0.2) is 86.7 Å². The molecular formula is C27H29NO11. The maximum absolute atomic E-state index is 13.6. The van der Waals surface area contributed by atoms with Crippen LogP contribution in [0.1, 0.15) is 68.8 Å². The molecule has 0 radical (unpaired) electrons. The number of aromatic hydroxyl groups is 2. The zero-order valence-corrected chi connectivity index (χ0v) is 21.2. The Morgan fingerprint density at radius 3 is 2.49 bits per heavy atom. The van der Waals surface area contributed by atoms with Gasteiger partial charge in [0.2, 0.25) is 5.78 Å². The van der Waals surface area contributed by atoms with Crippen molar-refractivity contribution in [2.45, 2.75) is 62.4 Å². The number of fused-ring (bicyclic) bond motifs is 3. The molecule has 0 aromatic heterocycles. The summed E-state index contributed by atoms with van der Waals surface area (Å²) in [6.45, 7) is 0.560. The van der Waals surface area contributed by atoms with Gasteiger partial charge in [0, 0.05) is 42.0 Å². The minimum Gasteiger partial charge on any atom is -0.507 e. The van der Waals surface area contributed by atoms with Gasteiger partial charge in [-0.25, -0.2) is 0 Å². The van der Waals surface area contributed by atoms with E-state index in [2.05, 4.69) is 0 Å². The highest BCUT2D eigenvalue weighted by molar-refractivity contribution is 6.31. The normalized spacial score (nSPS) is 29.8. The van der Waals surface area contributed by atoms with Gasteiger partial charge >= 0.3 is 0 Å². The van der Waals surface area contributed by atoms with Gasteiger partial charge in [0.1, 0.15) is 29.5 Å². The van der Waals surface area contributed by atoms with Crippen molar-refractivity contribution >= 4 is 17.3 Å². The van der Waals surface area contributed by atoms with Gasteiger partial charge in [-0.3, -0.25) is 14.4 Å². The minimum atomic E-state index is -2.24. The number of aliphatic hydroxyl groups is 3. The third kappa shape index (κ3) is 4.11. The lowest BCUT2D eigenvalue weighted by atomic mass is 9.72. The van der Waals surface area contributed by atoms with E-state index in [4.69, 9.17) is 19.9 Å². The van der Waals surface area contributed by atoms with Crippen molar-refractivity contribution in [1.82, 2.24) is 0 Å². The molecule has 208 valence electrons. The van der Waals surface area contributed by atoms with Gasteiger partial charge in [-0.1, -0.05) is 12.1 Å². The van der Waals surface area contributed by atoms with Gasteiger partial charge in [0.15, 0.2) is 17.9 Å². The number of aliphatic hydroxyl groups excluding tert-OH is 2. The standard InChI is InChI=1S/C27H29NO11/c1-10-22(31)13(28)6-17(38-10)39-15-8-27(36,16(30)9-29)7-12-19(15)26(35)21-20(24(12)33)23(32)11-4-3-5-14(37-2)18(11)25(21)34/h3-5,10,13,15,17,22,29,31,33,35-36H,6-9,28H2,1-2H3/t10-,13-,15-,17-,22-,27+/m0/s1. The number of Topliss-reactive ketones (excluding diaryl/α,β-unsaturated/α-hetero) is 1. The third-order valence-corrected chi connectivity index (χ3v) is 7.81. The molecule has 12 heteroatoms. The van der Waals surface area contributed by atoms with Gasteiger partial charge in [0.05, 0.1) is 42.1 Å². The molecule has 7 N–H and O–H groups in total. The van der Waals surface area contributed by atoms with Crippen molar-refractivity contribution < 1.29 is 54.1 Å². The van der Waals surface area contributed by atoms with E-state index in [9.17, 15) is 39.9 Å². The van der Waals surface area contributed by atoms with Gasteiger partial charge in [-0.05, 0) is 13.0 Å². The average Bonchev–Trinajstić information content (AvgIpc) is 2.90. The van der Waals surface area contributed by atoms with Crippen molar-refractivity contribution in [2.24, 2.45) is 5.73 Å². The van der Waals surface area contributed by atoms with Crippen LogP contribution >= 0.6 is 0 Å². The molecule has 2 aromatic rings. The highest BCUT2D eigenvalue weighted by Crippen LogP contribution is 2.52. The van der Waals surface area contributed by atoms with E-state index in [1.54, 1.807) is 6.92 Å². The first-order valence-electron chi connectivity index (χ1n) is 12.4. The number of hydrogen-bond acceptors (Lipinski definition) is 12. The summed E-state index contributed by atoms with van der Waals surface area (Å²) in [5.74, 6) is -3.77. The van der Waals surface area contributed by atoms with E-state index in [1.165, 1.54) is 25.3 Å². The number of carbonyl (C=O) groups is 3. The SMILES string of the molecule is COc1cccc2c1C(=O)c1c(O)c3c(c(O)c1C2=O)C[C@](O)(C(=O)CO)C[C@@H]3O[C@H]1C[C@H](N)[C@@H](O)[C@H](C)O1. The number of benzene rings is 2. The molecule has 2 aromatic carbocycles. The summed E-state index contributed by atoms with van der Waals surface area (Å²) >= 11 is 0. The molecule has 3 aliphatic rings. The number of phenols is 2. The number of rotatable bonds is 5. The Balaban J connectivity index is 1.69. The maximum Gasteiger partial charge on any atom is 0.202 e. The largest absolute Gasteiger partial charge is 0.507 e. The highest BCUT2D eigenvalue weighted by atomic mass is 16.7. The first-order chi connectivity index (χ1) is 18.4. The molecule has 0 unspecified atom stereocenters. The predicted octanol–water partition coefficient (Wildman–Crippen LogP) is 0.00130. The molecule has 6 atom stereocenters. The smallest absolute Gasteiger partial charge is 0.202 e. The summed E-state index contributed by atoms with van der Waals surface area (Å²) < 4.78 is 17.0. The Labute approximate surface area is 222 Å². The zero-order chi connectivity index (χ0) is 28.4. The molecule has 12 nitrogen and oxygen atoms in total. The second-order valence-electron chi connectivity index (χ2n) is 10.2. The Morgan fingerprint density at radius 1 is 1.15 bits per heavy atom. The van der Waals surface area contributed by atoms with Crippen molar-refractivity contribution in [2.75, 3.05) is 13.7 Å². The summed E-state index contributed by atoms with van der Waals surface area (Å²) in [5, 5.41) is 53.7. The van der Waals surface area contributed by atoms with Gasteiger partial charge in [-0.2, -0.15) is 0 Å². The van der Waals surface area contributed by atoms with Crippen LogP contribution in [0.15, 0.2) is 18.2 Å². The lowest BCUT2D eigenvalue weighted by molar-refractivity contribution is -0.247. The summed E-state index contributed by atoms with van der Waals surface area (Å²) in [6, 6.07) is 3.64. The van der Waals surface area contributed by atoms with Crippen LogP contribution in [0, 0.1) is 0 Å². The molecule has 1 heterocycles. The summed E-state index contributed by atoms with van der Waals surface area (Å²) in [4.78, 5) is 39.7. The van der Waals surface area contributed by atoms with Crippen LogP contribution in [0.3, 0.4) is 0 Å². The molecular weight excluding hydrogens is 514 g/mol. The molecule has 1 saturated heterocycles. The number of ketones is 3. The van der Waals surface area contributed by atoms with E-state index in [1.807, 2.05) is 0 Å².